The number of ether oxygens (including phenoxy) is 2. The SMILES string of the molecule is CN1C(=O)C(OC(=O)c2ccccc2)=C(C(=O)O)NC1[C@@H]1C[C@H](F)CN1C(=O)OCc1ccccc1. The van der Waals surface area contributed by atoms with E-state index in [1.165, 1.54) is 19.2 Å². The summed E-state index contributed by atoms with van der Waals surface area (Å²) in [7, 11) is 1.34. The number of likely N-dealkylation sites (tertiary alicyclic amines) is 1. The van der Waals surface area contributed by atoms with Crippen LogP contribution in [0.1, 0.15) is 22.3 Å². The van der Waals surface area contributed by atoms with Crippen LogP contribution < -0.4 is 5.32 Å². The summed E-state index contributed by atoms with van der Waals surface area (Å²) in [6.45, 7) is -0.312. The van der Waals surface area contributed by atoms with Gasteiger partial charge in [0.05, 0.1) is 18.2 Å². The largest absolute Gasteiger partial charge is 0.476 e. The number of aliphatic carboxylic acids is 1. The molecule has 2 aliphatic heterocycles. The molecular weight excluding hydrogens is 473 g/mol. The number of carbonyl (C=O) groups excluding carboxylic acids is 3. The minimum Gasteiger partial charge on any atom is -0.476 e. The maximum absolute atomic E-state index is 14.4. The van der Waals surface area contributed by atoms with Crippen molar-refractivity contribution in [3.63, 3.8) is 0 Å². The normalized spacial score (nSPS) is 21.7. The Morgan fingerprint density at radius 1 is 1.08 bits per heavy atom. The zero-order valence-electron chi connectivity index (χ0n) is 19.3. The minimum absolute atomic E-state index is 0.0351. The molecule has 36 heavy (non-hydrogen) atoms. The third kappa shape index (κ3) is 5.14. The number of nitrogens with one attached hydrogen (secondary N) is 1. The van der Waals surface area contributed by atoms with Crippen molar-refractivity contribution in [1.29, 1.82) is 0 Å². The van der Waals surface area contributed by atoms with Gasteiger partial charge in [-0.15, -0.1) is 0 Å². The summed E-state index contributed by atoms with van der Waals surface area (Å²) in [6, 6.07) is 15.8. The van der Waals surface area contributed by atoms with Crippen LogP contribution in [0.5, 0.6) is 0 Å². The van der Waals surface area contributed by atoms with Crippen molar-refractivity contribution in [3.8, 4) is 0 Å². The minimum atomic E-state index is -1.55. The van der Waals surface area contributed by atoms with Crippen molar-refractivity contribution in [3.05, 3.63) is 83.2 Å². The molecular formula is C25H24FN3O7. The van der Waals surface area contributed by atoms with Gasteiger partial charge in [0.25, 0.3) is 5.91 Å². The summed E-state index contributed by atoms with van der Waals surface area (Å²) in [4.78, 5) is 52.6. The molecule has 4 rings (SSSR count). The van der Waals surface area contributed by atoms with Crippen LogP contribution in [0.3, 0.4) is 0 Å². The van der Waals surface area contributed by atoms with Crippen molar-refractivity contribution in [2.24, 2.45) is 0 Å². The zero-order chi connectivity index (χ0) is 25.8. The number of hydrogen-bond acceptors (Lipinski definition) is 7. The highest BCUT2D eigenvalue weighted by molar-refractivity contribution is 6.04. The predicted octanol–water partition coefficient (Wildman–Crippen LogP) is 2.28. The van der Waals surface area contributed by atoms with E-state index in [0.717, 1.165) is 15.4 Å². The monoisotopic (exact) mass is 497 g/mol. The average Bonchev–Trinajstić information content (AvgIpc) is 3.27. The van der Waals surface area contributed by atoms with Gasteiger partial charge in [0.2, 0.25) is 5.76 Å². The fourth-order valence-electron chi connectivity index (χ4n) is 4.16. The Hall–Kier alpha value is -4.41. The first-order valence-corrected chi connectivity index (χ1v) is 11.2. The molecule has 0 bridgehead atoms. The van der Waals surface area contributed by atoms with Crippen molar-refractivity contribution in [2.45, 2.75) is 31.4 Å². The predicted molar refractivity (Wildman–Crippen MR) is 123 cm³/mol. The van der Waals surface area contributed by atoms with Crippen molar-refractivity contribution >= 4 is 23.9 Å². The average molecular weight is 497 g/mol. The van der Waals surface area contributed by atoms with Crippen molar-refractivity contribution in [2.75, 3.05) is 13.6 Å². The summed E-state index contributed by atoms with van der Waals surface area (Å²) in [5.74, 6) is -4.07. The molecule has 10 nitrogen and oxygen atoms in total. The summed E-state index contributed by atoms with van der Waals surface area (Å²) in [5, 5.41) is 12.4. The lowest BCUT2D eigenvalue weighted by Gasteiger charge is -2.40. The Bertz CT molecular complexity index is 1190. The van der Waals surface area contributed by atoms with Crippen LogP contribution in [0.25, 0.3) is 0 Å². The molecule has 1 unspecified atom stereocenters. The van der Waals surface area contributed by atoms with Gasteiger partial charge in [-0.3, -0.25) is 9.69 Å². The van der Waals surface area contributed by atoms with E-state index in [1.54, 1.807) is 42.5 Å². The Balaban J connectivity index is 1.55. The second-order valence-corrected chi connectivity index (χ2v) is 8.36. The van der Waals surface area contributed by atoms with Gasteiger partial charge in [0, 0.05) is 13.5 Å². The number of halogens is 1. The first-order valence-electron chi connectivity index (χ1n) is 11.2. The van der Waals surface area contributed by atoms with Gasteiger partial charge in [0.15, 0.2) is 5.70 Å². The fraction of sp³-hybridized carbons (Fsp3) is 0.280. The topological polar surface area (TPSA) is 125 Å². The van der Waals surface area contributed by atoms with Gasteiger partial charge in [-0.05, 0) is 17.7 Å². The van der Waals surface area contributed by atoms with Crippen molar-refractivity contribution < 1.29 is 38.1 Å². The second-order valence-electron chi connectivity index (χ2n) is 8.36. The number of hydrogen-bond donors (Lipinski definition) is 2. The summed E-state index contributed by atoms with van der Waals surface area (Å²) >= 11 is 0. The van der Waals surface area contributed by atoms with E-state index in [0.29, 0.717) is 0 Å². The van der Waals surface area contributed by atoms with Gasteiger partial charge >= 0.3 is 18.0 Å². The van der Waals surface area contributed by atoms with Crippen LogP contribution >= 0.6 is 0 Å². The van der Waals surface area contributed by atoms with Gasteiger partial charge in [-0.1, -0.05) is 48.5 Å². The van der Waals surface area contributed by atoms with E-state index in [4.69, 9.17) is 9.47 Å². The highest BCUT2D eigenvalue weighted by atomic mass is 19.1. The lowest BCUT2D eigenvalue weighted by molar-refractivity contribution is -0.140. The highest BCUT2D eigenvalue weighted by Crippen LogP contribution is 2.29. The Kier molecular flexibility index (Phi) is 7.18. The quantitative estimate of drug-likeness (QED) is 0.583. The molecule has 0 saturated carbocycles. The maximum atomic E-state index is 14.4. The molecule has 11 heteroatoms. The first kappa shape index (κ1) is 24.7. The molecule has 2 aromatic rings. The number of likely N-dealkylation sites (N-methyl/N-ethyl adjacent to an activating group) is 1. The summed E-state index contributed by atoms with van der Waals surface area (Å²) in [5.41, 5.74) is 0.200. The molecule has 0 radical (unpaired) electrons. The number of carboxylic acid groups (broad SMARTS) is 1. The van der Waals surface area contributed by atoms with Gasteiger partial charge < -0.3 is 24.8 Å². The number of benzene rings is 2. The van der Waals surface area contributed by atoms with E-state index in [-0.39, 0.29) is 25.1 Å². The van der Waals surface area contributed by atoms with Gasteiger partial charge in [-0.25, -0.2) is 18.8 Å². The van der Waals surface area contributed by atoms with E-state index < -0.39 is 53.8 Å². The lowest BCUT2D eigenvalue weighted by Crippen LogP contribution is -2.62. The number of carbonyl (C=O) groups is 4. The maximum Gasteiger partial charge on any atom is 0.410 e. The molecule has 0 spiro atoms. The van der Waals surface area contributed by atoms with Crippen LogP contribution in [0, 0.1) is 0 Å². The molecule has 2 aliphatic rings. The number of rotatable bonds is 6. The van der Waals surface area contributed by atoms with E-state index >= 15 is 0 Å². The number of alkyl halides is 1. The molecule has 0 aliphatic carbocycles. The highest BCUT2D eigenvalue weighted by Gasteiger charge is 2.47. The van der Waals surface area contributed by atoms with E-state index in [9.17, 15) is 28.7 Å². The van der Waals surface area contributed by atoms with Gasteiger partial charge in [0.1, 0.15) is 18.9 Å². The van der Waals surface area contributed by atoms with E-state index in [1.807, 2.05) is 6.07 Å². The number of amides is 2. The Morgan fingerprint density at radius 3 is 2.36 bits per heavy atom. The lowest BCUT2D eigenvalue weighted by atomic mass is 10.1. The molecule has 0 aromatic heterocycles. The third-order valence-electron chi connectivity index (χ3n) is 5.97. The summed E-state index contributed by atoms with van der Waals surface area (Å²) in [6.07, 6.45) is -3.46. The number of nitrogens with zero attached hydrogens (tertiary/aromatic N) is 2. The third-order valence-corrected chi connectivity index (χ3v) is 5.97. The smallest absolute Gasteiger partial charge is 0.410 e. The molecule has 1 saturated heterocycles. The Labute approximate surface area is 205 Å². The van der Waals surface area contributed by atoms with Crippen LogP contribution in [0.4, 0.5) is 9.18 Å². The molecule has 188 valence electrons. The van der Waals surface area contributed by atoms with Gasteiger partial charge in [-0.2, -0.15) is 0 Å². The number of esters is 1. The van der Waals surface area contributed by atoms with Crippen LogP contribution in [0.2, 0.25) is 0 Å². The molecule has 2 N–H and O–H groups in total. The van der Waals surface area contributed by atoms with Crippen molar-refractivity contribution in [1.82, 2.24) is 15.1 Å². The zero-order valence-corrected chi connectivity index (χ0v) is 19.3. The Morgan fingerprint density at radius 2 is 1.72 bits per heavy atom. The first-order chi connectivity index (χ1) is 17.3. The fourth-order valence-corrected chi connectivity index (χ4v) is 4.16. The molecule has 2 amide bonds. The molecule has 2 aromatic carbocycles. The molecule has 2 heterocycles. The van der Waals surface area contributed by atoms with Crippen LogP contribution in [-0.2, 0) is 25.7 Å². The van der Waals surface area contributed by atoms with Crippen LogP contribution in [-0.4, -0.2) is 70.8 Å². The van der Waals surface area contributed by atoms with Crippen LogP contribution in [0.15, 0.2) is 72.1 Å². The molecule has 3 atom stereocenters. The molecule has 1 fully saturated rings. The van der Waals surface area contributed by atoms with E-state index in [2.05, 4.69) is 5.32 Å². The number of carboxylic acids is 1. The standard InChI is InChI=1S/C25H24FN3O7/c1-28-21(18-12-17(26)13-29(18)25(34)35-14-15-8-4-2-5-9-15)27-19(23(31)32)20(22(28)30)36-24(33)16-10-6-3-7-11-16/h2-11,17-18,21,27H,12-14H2,1H3,(H,31,32)/t17-,18-,21?/m0/s1. The summed E-state index contributed by atoms with van der Waals surface area (Å²) < 4.78 is 24.9. The second kappa shape index (κ2) is 10.5.